The van der Waals surface area contributed by atoms with E-state index in [1.807, 2.05) is 54.6 Å². The normalized spacial score (nSPS) is 22.2. The van der Waals surface area contributed by atoms with Gasteiger partial charge in [-0.15, -0.1) is 0 Å². The van der Waals surface area contributed by atoms with Gasteiger partial charge in [0.15, 0.2) is 17.9 Å². The number of fused-ring (bicyclic) bond motifs is 1. The third kappa shape index (κ3) is 3.33. The summed E-state index contributed by atoms with van der Waals surface area (Å²) in [7, 11) is 1.66. The molecule has 0 amide bonds. The highest BCUT2D eigenvalue weighted by Crippen LogP contribution is 2.33. The van der Waals surface area contributed by atoms with Crippen LogP contribution in [0.2, 0.25) is 0 Å². The molecule has 0 aromatic heterocycles. The summed E-state index contributed by atoms with van der Waals surface area (Å²) in [6.07, 6.45) is 1.08. The van der Waals surface area contributed by atoms with E-state index in [-0.39, 0.29) is 17.0 Å². The second-order valence-corrected chi connectivity index (χ2v) is 7.32. The van der Waals surface area contributed by atoms with Gasteiger partial charge in [0.25, 0.3) is 0 Å². The van der Waals surface area contributed by atoms with Crippen LogP contribution in [0.25, 0.3) is 0 Å². The van der Waals surface area contributed by atoms with Crippen molar-refractivity contribution in [2.24, 2.45) is 4.99 Å². The largest absolute Gasteiger partial charge is 1.00 e. The van der Waals surface area contributed by atoms with Gasteiger partial charge in [0.1, 0.15) is 5.75 Å². The molecule has 2 aromatic carbocycles. The van der Waals surface area contributed by atoms with Crippen LogP contribution in [0.5, 0.6) is 5.75 Å². The van der Waals surface area contributed by atoms with Crippen molar-refractivity contribution in [3.05, 3.63) is 65.7 Å². The van der Waals surface area contributed by atoms with E-state index in [1.54, 1.807) is 18.9 Å². The maximum atomic E-state index is 11.7. The highest BCUT2D eigenvalue weighted by molar-refractivity contribution is 8.13. The molecule has 1 N–H and O–H groups in total. The van der Waals surface area contributed by atoms with Crippen molar-refractivity contribution < 1.29 is 31.4 Å². The van der Waals surface area contributed by atoms with Crippen molar-refractivity contribution in [1.82, 2.24) is 0 Å². The van der Waals surface area contributed by atoms with Gasteiger partial charge < -0.3 is 26.8 Å². The fraction of sp³-hybridized carbons (Fsp3) is 0.300. The number of amidine groups is 1. The van der Waals surface area contributed by atoms with Crippen molar-refractivity contribution in [1.29, 1.82) is 0 Å². The Morgan fingerprint density at radius 2 is 1.85 bits per heavy atom. The van der Waals surface area contributed by atoms with E-state index < -0.39 is 5.60 Å². The molecule has 6 heteroatoms. The molecular weight excluding hydrogens is 412 g/mol. The molecule has 136 valence electrons. The van der Waals surface area contributed by atoms with Gasteiger partial charge in [-0.1, -0.05) is 35.3 Å². The standard InChI is InChI=1S/C20H21N2O2S.BrH/c1-24-17-10-8-15(9-11-17)18-20(23,16-6-3-2-4-7-16)14-21-19-22(18)12-5-13-25-19;/h2-4,6-11,23H,5,12-14H2,1H3;1H/q+1;/p-1. The molecule has 0 spiro atoms. The lowest BCUT2D eigenvalue weighted by molar-refractivity contribution is -0.413. The number of halogens is 1. The lowest BCUT2D eigenvalue weighted by Crippen LogP contribution is -3.00. The second-order valence-electron chi connectivity index (χ2n) is 6.26. The van der Waals surface area contributed by atoms with Crippen molar-refractivity contribution in [3.63, 3.8) is 0 Å². The van der Waals surface area contributed by atoms with Gasteiger partial charge in [0, 0.05) is 11.3 Å². The highest BCUT2D eigenvalue weighted by atomic mass is 79.9. The summed E-state index contributed by atoms with van der Waals surface area (Å²) in [5, 5.41) is 12.7. The molecule has 4 rings (SSSR count). The molecular formula is C20H21BrN2O2S. The third-order valence-electron chi connectivity index (χ3n) is 4.71. The van der Waals surface area contributed by atoms with Crippen LogP contribution in [0, 0.1) is 0 Å². The molecule has 0 radical (unpaired) electrons. The van der Waals surface area contributed by atoms with Crippen molar-refractivity contribution in [2.75, 3.05) is 26.0 Å². The van der Waals surface area contributed by atoms with E-state index in [2.05, 4.69) is 4.58 Å². The molecule has 0 bridgehead atoms. The molecule has 1 unspecified atom stereocenters. The van der Waals surface area contributed by atoms with E-state index >= 15 is 0 Å². The average Bonchev–Trinajstić information content (AvgIpc) is 2.69. The molecule has 0 saturated carbocycles. The lowest BCUT2D eigenvalue weighted by Gasteiger charge is -2.32. The maximum Gasteiger partial charge on any atom is 0.354 e. The SMILES string of the molecule is COc1ccc(C2=[N+]3CCCSC3=NCC2(O)c2ccccc2)cc1.[Br-]. The number of nitrogens with zero attached hydrogens (tertiary/aromatic N) is 2. The number of methoxy groups -OCH3 is 1. The lowest BCUT2D eigenvalue weighted by atomic mass is 9.84. The minimum atomic E-state index is -1.13. The Labute approximate surface area is 168 Å². The molecule has 2 aliphatic heterocycles. The minimum absolute atomic E-state index is 0. The first kappa shape index (κ1) is 19.1. The molecule has 1 saturated heterocycles. The molecule has 1 atom stereocenters. The fourth-order valence-corrected chi connectivity index (χ4v) is 4.41. The van der Waals surface area contributed by atoms with Crippen LogP contribution in [0.3, 0.4) is 0 Å². The summed E-state index contributed by atoms with van der Waals surface area (Å²) in [6.45, 7) is 1.22. The van der Waals surface area contributed by atoms with E-state index in [9.17, 15) is 5.11 Å². The van der Waals surface area contributed by atoms with E-state index in [1.165, 1.54) is 0 Å². The van der Waals surface area contributed by atoms with E-state index in [0.717, 1.165) is 46.5 Å². The smallest absolute Gasteiger partial charge is 0.354 e. The summed E-state index contributed by atoms with van der Waals surface area (Å²) in [5.74, 6) is 1.89. The van der Waals surface area contributed by atoms with Crippen LogP contribution in [0.1, 0.15) is 17.5 Å². The predicted octanol–water partition coefficient (Wildman–Crippen LogP) is -0.105. The van der Waals surface area contributed by atoms with Gasteiger partial charge in [-0.3, -0.25) is 0 Å². The number of hydrogen-bond donors (Lipinski definition) is 1. The monoisotopic (exact) mass is 432 g/mol. The first-order valence-corrected chi connectivity index (χ1v) is 9.45. The van der Waals surface area contributed by atoms with Gasteiger partial charge in [-0.05, 0) is 48.0 Å². The van der Waals surface area contributed by atoms with E-state index in [0.29, 0.717) is 6.54 Å². The topological polar surface area (TPSA) is 44.8 Å². The Balaban J connectivity index is 0.00000196. The van der Waals surface area contributed by atoms with Crippen molar-refractivity contribution in [2.45, 2.75) is 12.0 Å². The molecule has 4 nitrogen and oxygen atoms in total. The Hall–Kier alpha value is -1.63. The Bertz CT molecular complexity index is 837. The molecule has 2 aromatic rings. The Morgan fingerprint density at radius 1 is 1.12 bits per heavy atom. The van der Waals surface area contributed by atoms with Crippen LogP contribution in [0.15, 0.2) is 59.6 Å². The summed E-state index contributed by atoms with van der Waals surface area (Å²) < 4.78 is 7.47. The summed E-state index contributed by atoms with van der Waals surface area (Å²) in [6, 6.07) is 17.8. The molecule has 26 heavy (non-hydrogen) atoms. The van der Waals surface area contributed by atoms with Gasteiger partial charge in [-0.2, -0.15) is 0 Å². The number of thioether (sulfide) groups is 1. The first-order valence-electron chi connectivity index (χ1n) is 8.47. The minimum Gasteiger partial charge on any atom is -1.00 e. The van der Waals surface area contributed by atoms with Crippen molar-refractivity contribution >= 4 is 22.6 Å². The maximum absolute atomic E-state index is 11.7. The quantitative estimate of drug-likeness (QED) is 0.688. The predicted molar refractivity (Wildman–Crippen MR) is 102 cm³/mol. The van der Waals surface area contributed by atoms with Gasteiger partial charge in [0.05, 0.1) is 13.7 Å². The number of hydrogen-bond acceptors (Lipinski definition) is 4. The van der Waals surface area contributed by atoms with Crippen molar-refractivity contribution in [3.8, 4) is 5.75 Å². The molecule has 1 fully saturated rings. The first-order chi connectivity index (χ1) is 12.2. The van der Waals surface area contributed by atoms with Crippen LogP contribution in [-0.2, 0) is 5.60 Å². The zero-order valence-corrected chi connectivity index (χ0v) is 17.0. The van der Waals surface area contributed by atoms with Crippen LogP contribution in [0.4, 0.5) is 0 Å². The van der Waals surface area contributed by atoms with Gasteiger partial charge >= 0.3 is 5.17 Å². The number of ether oxygens (including phenoxy) is 1. The zero-order valence-electron chi connectivity index (χ0n) is 14.6. The fourth-order valence-electron chi connectivity index (χ4n) is 3.46. The number of rotatable bonds is 3. The van der Waals surface area contributed by atoms with Crippen LogP contribution >= 0.6 is 11.8 Å². The molecule has 2 heterocycles. The summed E-state index contributed by atoms with van der Waals surface area (Å²) in [5.41, 5.74) is 1.66. The second kappa shape index (κ2) is 7.94. The van der Waals surface area contributed by atoms with Crippen LogP contribution in [-0.4, -0.2) is 46.5 Å². The van der Waals surface area contributed by atoms with Gasteiger partial charge in [0.2, 0.25) is 0 Å². The highest BCUT2D eigenvalue weighted by Gasteiger charge is 2.47. The number of benzene rings is 2. The zero-order chi connectivity index (χ0) is 17.3. The number of aliphatic imine (C=N–C) groups is 1. The Kier molecular flexibility index (Phi) is 5.85. The van der Waals surface area contributed by atoms with Gasteiger partial charge in [-0.25, -0.2) is 4.58 Å². The molecule has 0 aliphatic carbocycles. The number of aliphatic hydroxyl groups is 1. The third-order valence-corrected chi connectivity index (χ3v) is 5.81. The Morgan fingerprint density at radius 3 is 2.54 bits per heavy atom. The molecule has 2 aliphatic rings. The average molecular weight is 433 g/mol. The summed E-state index contributed by atoms with van der Waals surface area (Å²) >= 11 is 1.77. The van der Waals surface area contributed by atoms with Crippen LogP contribution < -0.4 is 21.7 Å². The van der Waals surface area contributed by atoms with E-state index in [4.69, 9.17) is 9.73 Å². The summed E-state index contributed by atoms with van der Waals surface area (Å²) in [4.78, 5) is 4.70.